The fourth-order valence-electron chi connectivity index (χ4n) is 1.14. The molecule has 0 spiro atoms. The second-order valence-corrected chi connectivity index (χ2v) is 5.05. The summed E-state index contributed by atoms with van der Waals surface area (Å²) in [7, 11) is 0. The van der Waals surface area contributed by atoms with Crippen molar-refractivity contribution in [2.24, 2.45) is 0 Å². The van der Waals surface area contributed by atoms with Gasteiger partial charge in [0.1, 0.15) is 11.6 Å². The molecule has 112 valence electrons. The minimum absolute atomic E-state index is 0.0848. The first-order valence-corrected chi connectivity index (χ1v) is 5.68. The highest BCUT2D eigenvalue weighted by Crippen LogP contribution is 2.14. The number of nitrogens with zero attached hydrogens (tertiary/aromatic N) is 1. The van der Waals surface area contributed by atoms with Crippen molar-refractivity contribution in [1.29, 1.82) is 0 Å². The van der Waals surface area contributed by atoms with Crippen LogP contribution in [0, 0.1) is 10.1 Å². The molecule has 8 nitrogen and oxygen atoms in total. The number of ether oxygens (including phenoxy) is 1. The number of hydrogen-bond donors (Lipinski definition) is 2. The van der Waals surface area contributed by atoms with E-state index in [2.05, 4.69) is 18.5 Å². The van der Waals surface area contributed by atoms with E-state index in [1.54, 1.807) is 20.8 Å². The summed E-state index contributed by atoms with van der Waals surface area (Å²) in [5.41, 5.74) is -1.37. The molecule has 0 unspecified atom stereocenters. The smallest absolute Gasteiger partial charge is 0.408 e. The van der Waals surface area contributed by atoms with E-state index < -0.39 is 34.3 Å². The zero-order valence-corrected chi connectivity index (χ0v) is 11.6. The predicted octanol–water partition coefficient (Wildman–Crippen LogP) is 1.70. The molecule has 0 fully saturated rings. The SMILES string of the molecule is C=C(C[C@H](NC(=O)OC(C)(C)C)C(=O)O)C(=C)[N+](=O)[O-]. The summed E-state index contributed by atoms with van der Waals surface area (Å²) < 4.78 is 4.91. The van der Waals surface area contributed by atoms with Crippen LogP contribution in [0.3, 0.4) is 0 Å². The Morgan fingerprint density at radius 2 is 1.90 bits per heavy atom. The molecule has 1 atom stereocenters. The quantitative estimate of drug-likeness (QED) is 0.435. The molecule has 8 heteroatoms. The predicted molar refractivity (Wildman–Crippen MR) is 70.7 cm³/mol. The molecule has 0 bridgehead atoms. The van der Waals surface area contributed by atoms with Crippen LogP contribution in [0.2, 0.25) is 0 Å². The normalized spacial score (nSPS) is 12.2. The molecule has 0 aromatic carbocycles. The molecule has 0 aliphatic rings. The van der Waals surface area contributed by atoms with Crippen molar-refractivity contribution in [3.05, 3.63) is 34.5 Å². The number of carbonyl (C=O) groups is 2. The lowest BCUT2D eigenvalue weighted by Crippen LogP contribution is -2.43. The molecule has 0 saturated carbocycles. The van der Waals surface area contributed by atoms with Gasteiger partial charge in [0.25, 0.3) is 5.70 Å². The second-order valence-electron chi connectivity index (χ2n) is 5.05. The Morgan fingerprint density at radius 3 is 2.25 bits per heavy atom. The Hall–Kier alpha value is -2.38. The van der Waals surface area contributed by atoms with Crippen molar-refractivity contribution in [2.75, 3.05) is 0 Å². The summed E-state index contributed by atoms with van der Waals surface area (Å²) in [5, 5.41) is 21.6. The molecule has 0 aromatic rings. The summed E-state index contributed by atoms with van der Waals surface area (Å²) in [5.74, 6) is -1.35. The van der Waals surface area contributed by atoms with Crippen LogP contribution >= 0.6 is 0 Å². The molecule has 0 heterocycles. The first-order valence-electron chi connectivity index (χ1n) is 5.68. The molecule has 0 aliphatic heterocycles. The second kappa shape index (κ2) is 6.69. The molecule has 0 aliphatic carbocycles. The van der Waals surface area contributed by atoms with Crippen LogP contribution in [0.4, 0.5) is 4.79 Å². The van der Waals surface area contributed by atoms with Crippen LogP contribution in [0.5, 0.6) is 0 Å². The number of alkyl carbamates (subject to hydrolysis) is 1. The fraction of sp³-hybridized carbons (Fsp3) is 0.500. The van der Waals surface area contributed by atoms with E-state index >= 15 is 0 Å². The van der Waals surface area contributed by atoms with Crippen LogP contribution in [-0.4, -0.2) is 33.7 Å². The third-order valence-electron chi connectivity index (χ3n) is 2.07. The first-order chi connectivity index (χ1) is 8.94. The number of carboxylic acids is 1. The zero-order chi connectivity index (χ0) is 16.1. The van der Waals surface area contributed by atoms with Crippen molar-refractivity contribution in [3.63, 3.8) is 0 Å². The van der Waals surface area contributed by atoms with Crippen molar-refractivity contribution < 1.29 is 24.4 Å². The molecule has 1 amide bonds. The molecule has 20 heavy (non-hydrogen) atoms. The molecular formula is C12H18N2O6. The largest absolute Gasteiger partial charge is 0.480 e. The van der Waals surface area contributed by atoms with Crippen molar-refractivity contribution in [2.45, 2.75) is 38.8 Å². The number of allylic oxidation sites excluding steroid dienone is 1. The van der Waals surface area contributed by atoms with Gasteiger partial charge in [-0.3, -0.25) is 10.1 Å². The van der Waals surface area contributed by atoms with Gasteiger partial charge in [0.2, 0.25) is 0 Å². The van der Waals surface area contributed by atoms with Crippen LogP contribution in [0.15, 0.2) is 24.4 Å². The van der Waals surface area contributed by atoms with Gasteiger partial charge in [-0.25, -0.2) is 9.59 Å². The van der Waals surface area contributed by atoms with Gasteiger partial charge in [0.05, 0.1) is 4.92 Å². The number of amides is 1. The lowest BCUT2D eigenvalue weighted by atomic mass is 10.1. The summed E-state index contributed by atoms with van der Waals surface area (Å²) >= 11 is 0. The van der Waals surface area contributed by atoms with Gasteiger partial charge in [-0.1, -0.05) is 6.58 Å². The Balaban J connectivity index is 4.72. The number of hydrogen-bond acceptors (Lipinski definition) is 5. The molecule has 0 rings (SSSR count). The maximum Gasteiger partial charge on any atom is 0.408 e. The lowest BCUT2D eigenvalue weighted by Gasteiger charge is -2.22. The summed E-state index contributed by atoms with van der Waals surface area (Å²) in [6, 6.07) is -1.38. The van der Waals surface area contributed by atoms with Crippen molar-refractivity contribution >= 4 is 12.1 Å². The maximum absolute atomic E-state index is 11.5. The standard InChI is InChI=1S/C12H18N2O6/c1-7(8(2)14(18)19)6-9(10(15)16)13-11(17)20-12(3,4)5/h9H,1-2,6H2,3-5H3,(H,13,17)(H,15,16)/t9-/m0/s1. The minimum Gasteiger partial charge on any atom is -0.480 e. The number of nitrogens with one attached hydrogen (secondary N) is 1. The average Bonchev–Trinajstić information content (AvgIpc) is 2.23. The fourth-order valence-corrected chi connectivity index (χ4v) is 1.14. The van der Waals surface area contributed by atoms with Gasteiger partial charge >= 0.3 is 12.1 Å². The lowest BCUT2D eigenvalue weighted by molar-refractivity contribution is -0.420. The first kappa shape index (κ1) is 17.6. The van der Waals surface area contributed by atoms with Crippen LogP contribution in [0.25, 0.3) is 0 Å². The summed E-state index contributed by atoms with van der Waals surface area (Å²) in [4.78, 5) is 32.2. The van der Waals surface area contributed by atoms with Gasteiger partial charge in [-0.15, -0.1) is 0 Å². The van der Waals surface area contributed by atoms with Crippen LogP contribution < -0.4 is 5.32 Å². The number of nitro groups is 1. The zero-order valence-electron chi connectivity index (χ0n) is 11.6. The molecule has 0 radical (unpaired) electrons. The number of carboxylic acid groups (broad SMARTS) is 1. The summed E-state index contributed by atoms with van der Waals surface area (Å²) in [6.07, 6.45) is -1.27. The molecular weight excluding hydrogens is 268 g/mol. The van der Waals surface area contributed by atoms with E-state index in [0.29, 0.717) is 0 Å². The van der Waals surface area contributed by atoms with Crippen LogP contribution in [-0.2, 0) is 9.53 Å². The number of aliphatic carboxylic acids is 1. The van der Waals surface area contributed by atoms with Gasteiger partial charge in [0.15, 0.2) is 0 Å². The Labute approximate surface area is 116 Å². The van der Waals surface area contributed by atoms with E-state index in [0.717, 1.165) is 0 Å². The maximum atomic E-state index is 11.5. The van der Waals surface area contributed by atoms with Gasteiger partial charge in [-0.05, 0) is 27.4 Å². The number of rotatable bonds is 6. The highest BCUT2D eigenvalue weighted by Gasteiger charge is 2.26. The highest BCUT2D eigenvalue weighted by molar-refractivity contribution is 5.80. The molecule has 0 saturated heterocycles. The summed E-state index contributed by atoms with van der Waals surface area (Å²) in [6.45, 7) is 11.4. The van der Waals surface area contributed by atoms with E-state index in [4.69, 9.17) is 9.84 Å². The van der Waals surface area contributed by atoms with E-state index in [1.807, 2.05) is 0 Å². The van der Waals surface area contributed by atoms with Gasteiger partial charge in [0, 0.05) is 12.0 Å². The van der Waals surface area contributed by atoms with Crippen molar-refractivity contribution in [3.8, 4) is 0 Å². The average molecular weight is 286 g/mol. The van der Waals surface area contributed by atoms with E-state index in [1.165, 1.54) is 0 Å². The van der Waals surface area contributed by atoms with Crippen molar-refractivity contribution in [1.82, 2.24) is 5.32 Å². The monoisotopic (exact) mass is 286 g/mol. The highest BCUT2D eigenvalue weighted by atomic mass is 16.6. The minimum atomic E-state index is -1.38. The van der Waals surface area contributed by atoms with Crippen LogP contribution in [0.1, 0.15) is 27.2 Å². The molecule has 2 N–H and O–H groups in total. The van der Waals surface area contributed by atoms with Gasteiger partial charge in [-0.2, -0.15) is 0 Å². The van der Waals surface area contributed by atoms with E-state index in [9.17, 15) is 19.7 Å². The Morgan fingerprint density at radius 1 is 1.40 bits per heavy atom. The third kappa shape index (κ3) is 6.53. The topological polar surface area (TPSA) is 119 Å². The third-order valence-corrected chi connectivity index (χ3v) is 2.07. The molecule has 0 aromatic heterocycles. The van der Waals surface area contributed by atoms with Gasteiger partial charge < -0.3 is 15.2 Å². The van der Waals surface area contributed by atoms with E-state index in [-0.39, 0.29) is 12.0 Å². The number of carbonyl (C=O) groups excluding carboxylic acids is 1. The Kier molecular flexibility index (Phi) is 5.89. The Bertz CT molecular complexity index is 449.